The van der Waals surface area contributed by atoms with E-state index in [0.717, 1.165) is 22.4 Å². The minimum Gasteiger partial charge on any atom is -0.360 e. The number of aromatic nitrogens is 2. The van der Waals surface area contributed by atoms with Crippen molar-refractivity contribution in [1.29, 1.82) is 0 Å². The minimum absolute atomic E-state index is 0.211. The summed E-state index contributed by atoms with van der Waals surface area (Å²) in [5.74, 6) is 0.295. The molecule has 24 heavy (non-hydrogen) atoms. The van der Waals surface area contributed by atoms with Crippen molar-refractivity contribution in [1.82, 2.24) is 15.5 Å². The number of hydrogen-bond acceptors (Lipinski definition) is 4. The second-order valence-corrected chi connectivity index (χ2v) is 5.73. The normalized spacial score (nSPS) is 10.6. The SMILES string of the molecule is Cc1cccc(C)c1-c1noc(C)c1C(=O)NCc1ccccn1. The molecule has 0 atom stereocenters. The average molecular weight is 321 g/mol. The Morgan fingerprint density at radius 2 is 1.83 bits per heavy atom. The van der Waals surface area contributed by atoms with Gasteiger partial charge >= 0.3 is 0 Å². The summed E-state index contributed by atoms with van der Waals surface area (Å²) in [4.78, 5) is 16.9. The van der Waals surface area contributed by atoms with Crippen LogP contribution in [-0.2, 0) is 6.54 Å². The van der Waals surface area contributed by atoms with Crippen LogP contribution in [0, 0.1) is 20.8 Å². The Labute approximate surface area is 140 Å². The molecular formula is C19H19N3O2. The van der Waals surface area contributed by atoms with Gasteiger partial charge in [-0.15, -0.1) is 0 Å². The Morgan fingerprint density at radius 1 is 1.08 bits per heavy atom. The van der Waals surface area contributed by atoms with Crippen molar-refractivity contribution in [3.63, 3.8) is 0 Å². The molecule has 3 aromatic rings. The lowest BCUT2D eigenvalue weighted by atomic mass is 9.96. The Kier molecular flexibility index (Phi) is 4.42. The van der Waals surface area contributed by atoms with Crippen molar-refractivity contribution < 1.29 is 9.32 Å². The number of nitrogens with one attached hydrogen (secondary N) is 1. The molecule has 0 aliphatic rings. The molecule has 0 aliphatic heterocycles. The highest BCUT2D eigenvalue weighted by molar-refractivity contribution is 6.01. The molecule has 5 heteroatoms. The first kappa shape index (κ1) is 15.9. The topological polar surface area (TPSA) is 68.0 Å². The number of rotatable bonds is 4. The number of hydrogen-bond donors (Lipinski definition) is 1. The van der Waals surface area contributed by atoms with Crippen molar-refractivity contribution in [2.45, 2.75) is 27.3 Å². The van der Waals surface area contributed by atoms with Crippen molar-refractivity contribution in [2.75, 3.05) is 0 Å². The lowest BCUT2D eigenvalue weighted by molar-refractivity contribution is 0.0949. The Morgan fingerprint density at radius 3 is 2.50 bits per heavy atom. The summed E-state index contributed by atoms with van der Waals surface area (Å²) >= 11 is 0. The number of carbonyl (C=O) groups is 1. The third-order valence-corrected chi connectivity index (χ3v) is 3.96. The molecule has 0 unspecified atom stereocenters. The maximum absolute atomic E-state index is 12.7. The largest absolute Gasteiger partial charge is 0.360 e. The van der Waals surface area contributed by atoms with Crippen LogP contribution in [0.1, 0.15) is 32.9 Å². The zero-order chi connectivity index (χ0) is 17.1. The molecule has 0 spiro atoms. The van der Waals surface area contributed by atoms with Gasteiger partial charge in [0.2, 0.25) is 0 Å². The highest BCUT2D eigenvalue weighted by Crippen LogP contribution is 2.30. The van der Waals surface area contributed by atoms with Crippen LogP contribution >= 0.6 is 0 Å². The maximum Gasteiger partial charge on any atom is 0.257 e. The average Bonchev–Trinajstić information content (AvgIpc) is 2.95. The molecule has 0 saturated carbocycles. The fourth-order valence-electron chi connectivity index (χ4n) is 2.76. The molecule has 1 amide bonds. The van der Waals surface area contributed by atoms with Gasteiger partial charge in [0.05, 0.1) is 12.2 Å². The van der Waals surface area contributed by atoms with Gasteiger partial charge in [-0.1, -0.05) is 29.4 Å². The van der Waals surface area contributed by atoms with E-state index in [1.54, 1.807) is 13.1 Å². The summed E-state index contributed by atoms with van der Waals surface area (Å²) in [6, 6.07) is 11.6. The predicted octanol–water partition coefficient (Wildman–Crippen LogP) is 3.59. The van der Waals surface area contributed by atoms with Crippen LogP contribution in [-0.4, -0.2) is 16.0 Å². The Hall–Kier alpha value is -2.95. The summed E-state index contributed by atoms with van der Waals surface area (Å²) in [5.41, 5.74) is 4.92. The monoisotopic (exact) mass is 321 g/mol. The van der Waals surface area contributed by atoms with E-state index in [4.69, 9.17) is 4.52 Å². The number of pyridine rings is 1. The number of benzene rings is 1. The van der Waals surface area contributed by atoms with E-state index < -0.39 is 0 Å². The molecule has 2 heterocycles. The van der Waals surface area contributed by atoms with Crippen LogP contribution in [0.15, 0.2) is 47.1 Å². The van der Waals surface area contributed by atoms with Crippen molar-refractivity contribution in [2.24, 2.45) is 0 Å². The van der Waals surface area contributed by atoms with Crippen LogP contribution in [0.3, 0.4) is 0 Å². The molecule has 0 aliphatic carbocycles. The van der Waals surface area contributed by atoms with E-state index in [2.05, 4.69) is 15.5 Å². The predicted molar refractivity (Wildman–Crippen MR) is 91.6 cm³/mol. The van der Waals surface area contributed by atoms with Gasteiger partial charge in [0.25, 0.3) is 5.91 Å². The van der Waals surface area contributed by atoms with E-state index in [9.17, 15) is 4.79 Å². The highest BCUT2D eigenvalue weighted by atomic mass is 16.5. The number of aryl methyl sites for hydroxylation is 3. The Balaban J connectivity index is 1.91. The first-order valence-corrected chi connectivity index (χ1v) is 7.79. The molecule has 122 valence electrons. The third kappa shape index (κ3) is 3.06. The van der Waals surface area contributed by atoms with Gasteiger partial charge in [-0.2, -0.15) is 0 Å². The van der Waals surface area contributed by atoms with Gasteiger partial charge in [0.15, 0.2) is 0 Å². The lowest BCUT2D eigenvalue weighted by Gasteiger charge is -2.09. The lowest BCUT2D eigenvalue weighted by Crippen LogP contribution is -2.24. The van der Waals surface area contributed by atoms with Crippen molar-refractivity contribution in [3.8, 4) is 11.3 Å². The van der Waals surface area contributed by atoms with Crippen LogP contribution < -0.4 is 5.32 Å². The van der Waals surface area contributed by atoms with Gasteiger partial charge in [-0.3, -0.25) is 9.78 Å². The van der Waals surface area contributed by atoms with Gasteiger partial charge in [0.1, 0.15) is 17.0 Å². The molecule has 0 radical (unpaired) electrons. The molecule has 0 fully saturated rings. The molecule has 2 aromatic heterocycles. The zero-order valence-corrected chi connectivity index (χ0v) is 14.0. The number of carbonyl (C=O) groups excluding carboxylic acids is 1. The maximum atomic E-state index is 12.7. The second-order valence-electron chi connectivity index (χ2n) is 5.73. The molecule has 3 rings (SSSR count). The van der Waals surface area contributed by atoms with E-state index in [1.807, 2.05) is 50.2 Å². The molecular weight excluding hydrogens is 302 g/mol. The first-order valence-electron chi connectivity index (χ1n) is 7.79. The number of nitrogens with zero attached hydrogens (tertiary/aromatic N) is 2. The molecule has 0 bridgehead atoms. The van der Waals surface area contributed by atoms with E-state index >= 15 is 0 Å². The van der Waals surface area contributed by atoms with Crippen LogP contribution in [0.25, 0.3) is 11.3 Å². The first-order chi connectivity index (χ1) is 11.6. The molecule has 1 N–H and O–H groups in total. The van der Waals surface area contributed by atoms with E-state index in [0.29, 0.717) is 23.6 Å². The summed E-state index contributed by atoms with van der Waals surface area (Å²) < 4.78 is 5.31. The summed E-state index contributed by atoms with van der Waals surface area (Å²) in [7, 11) is 0. The smallest absolute Gasteiger partial charge is 0.257 e. The van der Waals surface area contributed by atoms with Crippen LogP contribution in [0.2, 0.25) is 0 Å². The Bertz CT molecular complexity index is 849. The minimum atomic E-state index is -0.211. The molecule has 0 saturated heterocycles. The van der Waals surface area contributed by atoms with Crippen molar-refractivity contribution in [3.05, 3.63) is 70.7 Å². The molecule has 5 nitrogen and oxygen atoms in total. The number of amides is 1. The standard InChI is InChI=1S/C19H19N3O2/c1-12-7-6-8-13(2)16(12)18-17(14(3)24-22-18)19(23)21-11-15-9-4-5-10-20-15/h4-10H,11H2,1-3H3,(H,21,23). The third-order valence-electron chi connectivity index (χ3n) is 3.96. The summed E-state index contributed by atoms with van der Waals surface area (Å²) in [5, 5.41) is 7.02. The van der Waals surface area contributed by atoms with Gasteiger partial charge in [-0.25, -0.2) is 0 Å². The van der Waals surface area contributed by atoms with Gasteiger partial charge < -0.3 is 9.84 Å². The van der Waals surface area contributed by atoms with E-state index in [-0.39, 0.29) is 5.91 Å². The van der Waals surface area contributed by atoms with Crippen molar-refractivity contribution >= 4 is 5.91 Å². The van der Waals surface area contributed by atoms with Crippen LogP contribution in [0.4, 0.5) is 0 Å². The van der Waals surface area contributed by atoms with Crippen LogP contribution in [0.5, 0.6) is 0 Å². The highest BCUT2D eigenvalue weighted by Gasteiger charge is 2.23. The summed E-state index contributed by atoms with van der Waals surface area (Å²) in [6.45, 7) is 6.11. The fraction of sp³-hybridized carbons (Fsp3) is 0.211. The quantitative estimate of drug-likeness (QED) is 0.797. The van der Waals surface area contributed by atoms with Gasteiger partial charge in [-0.05, 0) is 44.0 Å². The van der Waals surface area contributed by atoms with E-state index in [1.165, 1.54) is 0 Å². The van der Waals surface area contributed by atoms with Gasteiger partial charge in [0, 0.05) is 11.8 Å². The zero-order valence-electron chi connectivity index (χ0n) is 14.0. The fourth-order valence-corrected chi connectivity index (χ4v) is 2.76. The second kappa shape index (κ2) is 6.66. The summed E-state index contributed by atoms with van der Waals surface area (Å²) in [6.07, 6.45) is 1.70. The molecule has 1 aromatic carbocycles.